The number of aryl methyl sites for hydroxylation is 2. The molecule has 0 fully saturated rings. The van der Waals surface area contributed by atoms with Crippen LogP contribution in [-0.2, 0) is 19.2 Å². The molecule has 0 aliphatic rings. The fraction of sp³-hybridized carbons (Fsp3) is 0.167. The summed E-state index contributed by atoms with van der Waals surface area (Å²) in [5.41, 5.74) is 2.78. The Hall–Kier alpha value is -0.369. The molecule has 2 aromatic carbocycles. The van der Waals surface area contributed by atoms with Crippen LogP contribution in [-0.4, -0.2) is 7.63 Å². The quantitative estimate of drug-likeness (QED) is 0.487. The molecule has 0 saturated carbocycles. The monoisotopic (exact) mass is 236 g/mol. The van der Waals surface area contributed by atoms with E-state index in [1.807, 2.05) is 57.1 Å². The van der Waals surface area contributed by atoms with Crippen LogP contribution in [0.2, 0.25) is 0 Å². The summed E-state index contributed by atoms with van der Waals surface area (Å²) in [6.45, 7) is 4.24. The van der Waals surface area contributed by atoms with E-state index in [1.165, 1.54) is 11.1 Å². The van der Waals surface area contributed by atoms with Gasteiger partial charge in [0.25, 0.3) is 0 Å². The summed E-state index contributed by atoms with van der Waals surface area (Å²) in [6, 6.07) is 16.3. The molecule has 0 nitrogen and oxygen atoms in total. The minimum absolute atomic E-state index is 1.39. The van der Waals surface area contributed by atoms with Gasteiger partial charge in [0, 0.05) is 0 Å². The fourth-order valence-electron chi connectivity index (χ4n) is 0.920. The zero-order valence-electron chi connectivity index (χ0n) is 8.83. The first-order valence-electron chi connectivity index (χ1n) is 4.51. The van der Waals surface area contributed by atoms with E-state index in [4.69, 9.17) is 0 Å². The maximum absolute atomic E-state index is 2.12. The van der Waals surface area contributed by atoms with Crippen LogP contribution in [0.4, 0.5) is 0 Å². The van der Waals surface area contributed by atoms with E-state index >= 15 is 0 Å². The van der Waals surface area contributed by atoms with Gasteiger partial charge in [-0.15, -0.1) is 0 Å². The second-order valence-electron chi connectivity index (χ2n) is 2.85. The fourth-order valence-corrected chi connectivity index (χ4v) is 0.920. The smallest absolute Gasteiger partial charge is 0.172 e. The van der Waals surface area contributed by atoms with Gasteiger partial charge in [0.2, 0.25) is 0 Å². The molecule has 0 aliphatic carbocycles. The van der Waals surface area contributed by atoms with Gasteiger partial charge < -0.3 is 0 Å². The Kier molecular flexibility index (Phi) is 8.95. The average molecular weight is 236 g/mol. The van der Waals surface area contributed by atoms with Crippen LogP contribution in [0.25, 0.3) is 0 Å². The minimum atomic E-state index is 1.39. The van der Waals surface area contributed by atoms with Crippen molar-refractivity contribution in [1.82, 2.24) is 0 Å². The van der Waals surface area contributed by atoms with E-state index in [-0.39, 0.29) is 0 Å². The molecule has 0 saturated heterocycles. The molecular weight excluding hydrogens is 220 g/mol. The molecule has 0 heterocycles. The maximum Gasteiger partial charge on any atom is -0.172 e. The van der Waals surface area contributed by atoms with Gasteiger partial charge in [-0.3, -0.25) is 0 Å². The van der Waals surface area contributed by atoms with Crippen molar-refractivity contribution in [3.63, 3.8) is 0 Å². The summed E-state index contributed by atoms with van der Waals surface area (Å²) in [7, 11) is 1.86. The largest absolute Gasteiger partial charge is 0.214 e. The van der Waals surface area contributed by atoms with Crippen molar-refractivity contribution in [3.05, 3.63) is 59.7 Å². The van der Waals surface area contributed by atoms with E-state index in [0.29, 0.717) is 0 Å². The molecule has 2 aromatic rings. The predicted octanol–water partition coefficient (Wildman–Crippen LogP) is 2.51. The van der Waals surface area contributed by atoms with Crippen LogP contribution in [0.3, 0.4) is 0 Å². The molecule has 0 amide bonds. The molecule has 2 heteroatoms. The third-order valence-electron chi connectivity index (χ3n) is 1.87. The van der Waals surface area contributed by atoms with E-state index < -0.39 is 0 Å². The van der Waals surface area contributed by atoms with Gasteiger partial charge >= 0.3 is 26.8 Å². The maximum atomic E-state index is 2.12. The second kappa shape index (κ2) is 9.20. The molecule has 0 unspecified atom stereocenters. The molecule has 0 spiro atoms. The minimum Gasteiger partial charge on any atom is -0.214 e. The van der Waals surface area contributed by atoms with Crippen LogP contribution in [0.1, 0.15) is 11.1 Å². The zero-order chi connectivity index (χ0) is 10.8. The molecule has 0 aliphatic heterocycles. The van der Waals surface area contributed by atoms with Crippen molar-refractivity contribution in [1.29, 1.82) is 0 Å². The Bertz CT molecular complexity index is 275. The third kappa shape index (κ3) is 6.14. The van der Waals surface area contributed by atoms with Crippen molar-refractivity contribution >= 4 is 7.63 Å². The standard InChI is InChI=1S/C7H9.C5H5.H2Si.Ti/c1-6-4-3-5-7(6)2;1-2-4-5-3-1;;/h3-5H,1-2H3;1-5H;1H2;/q2*-1;;+2. The predicted molar refractivity (Wildman–Crippen MR) is 62.1 cm³/mol. The summed E-state index contributed by atoms with van der Waals surface area (Å²) in [6.07, 6.45) is 0. The van der Waals surface area contributed by atoms with Crippen LogP contribution >= 0.6 is 0 Å². The molecule has 0 aromatic heterocycles. The molecule has 2 rings (SSSR count). The first-order valence-corrected chi connectivity index (χ1v) is 8.53. The van der Waals surface area contributed by atoms with Crippen LogP contribution < -0.4 is 0 Å². The van der Waals surface area contributed by atoms with Gasteiger partial charge in [-0.2, -0.15) is 35.4 Å². The Morgan fingerprint density at radius 2 is 1.79 bits per heavy atom. The third-order valence-corrected chi connectivity index (χ3v) is 1.87. The summed E-state index contributed by atoms with van der Waals surface area (Å²) in [5.74, 6) is 0. The van der Waals surface area contributed by atoms with Crippen LogP contribution in [0.15, 0.2) is 48.5 Å². The molecular formula is C12H16SiTi. The van der Waals surface area contributed by atoms with E-state index in [9.17, 15) is 0 Å². The number of hydrogen-bond acceptors (Lipinski definition) is 0. The van der Waals surface area contributed by atoms with Crippen molar-refractivity contribution in [2.24, 2.45) is 0 Å². The van der Waals surface area contributed by atoms with E-state index in [2.05, 4.69) is 32.0 Å². The Labute approximate surface area is 100 Å². The van der Waals surface area contributed by atoms with Crippen molar-refractivity contribution in [3.8, 4) is 0 Å². The number of rotatable bonds is 0. The summed E-state index contributed by atoms with van der Waals surface area (Å²) in [4.78, 5) is 0. The van der Waals surface area contributed by atoms with Gasteiger partial charge in [0.1, 0.15) is 0 Å². The topological polar surface area (TPSA) is 0 Å². The van der Waals surface area contributed by atoms with Crippen molar-refractivity contribution in [2.45, 2.75) is 13.8 Å². The first kappa shape index (κ1) is 13.6. The molecule has 72 valence electrons. The van der Waals surface area contributed by atoms with Gasteiger partial charge in [0.15, 0.2) is 0 Å². The molecule has 14 heavy (non-hydrogen) atoms. The second-order valence-corrected chi connectivity index (χ2v) is 2.85. The van der Waals surface area contributed by atoms with Gasteiger partial charge in [-0.1, -0.05) is 13.8 Å². The summed E-state index contributed by atoms with van der Waals surface area (Å²) in [5, 5.41) is 0. The van der Waals surface area contributed by atoms with Gasteiger partial charge in [0.05, 0.1) is 0 Å². The Morgan fingerprint density at radius 3 is 1.93 bits per heavy atom. The van der Waals surface area contributed by atoms with Crippen LogP contribution in [0, 0.1) is 13.8 Å². The van der Waals surface area contributed by atoms with Gasteiger partial charge in [-0.05, 0) is 0 Å². The summed E-state index contributed by atoms with van der Waals surface area (Å²) >= 11 is 2.03. The molecule has 0 radical (unpaired) electrons. The number of hydrogen-bond donors (Lipinski definition) is 0. The Balaban J connectivity index is 0.000000213. The molecule has 0 N–H and O–H groups in total. The van der Waals surface area contributed by atoms with Gasteiger partial charge in [-0.25, -0.2) is 24.3 Å². The van der Waals surface area contributed by atoms with Crippen LogP contribution in [0.5, 0.6) is 0 Å². The normalized spacial score (nSPS) is 8.00. The molecule has 0 atom stereocenters. The molecule has 0 bridgehead atoms. The van der Waals surface area contributed by atoms with Crippen molar-refractivity contribution < 1.29 is 19.2 Å². The SMILES string of the molecule is Cc1ccc[c-]1C.[SiH2]=[Ti+2].c1cc[cH-]c1. The van der Waals surface area contributed by atoms with E-state index in [1.54, 1.807) is 0 Å². The summed E-state index contributed by atoms with van der Waals surface area (Å²) < 4.78 is 0. The zero-order valence-corrected chi connectivity index (χ0v) is 11.8. The first-order chi connectivity index (χ1) is 6.80. The Morgan fingerprint density at radius 1 is 1.21 bits per heavy atom. The van der Waals surface area contributed by atoms with E-state index in [0.717, 1.165) is 0 Å². The average Bonchev–Trinajstić information content (AvgIpc) is 2.86. The van der Waals surface area contributed by atoms with Crippen molar-refractivity contribution in [2.75, 3.05) is 0 Å².